The predicted molar refractivity (Wildman–Crippen MR) is 71.0 cm³/mol. The summed E-state index contributed by atoms with van der Waals surface area (Å²) >= 11 is 0. The molecule has 0 aliphatic carbocycles. The van der Waals surface area contributed by atoms with Crippen molar-refractivity contribution in [2.24, 2.45) is 5.73 Å². The van der Waals surface area contributed by atoms with Crippen molar-refractivity contribution in [1.29, 1.82) is 0 Å². The molecule has 0 saturated heterocycles. The second kappa shape index (κ2) is 5.68. The topological polar surface area (TPSA) is 90.4 Å². The molecule has 0 bridgehead atoms. The molecule has 0 amide bonds. The molecule has 0 fully saturated rings. The third-order valence-electron chi connectivity index (χ3n) is 2.46. The lowest BCUT2D eigenvalue weighted by Crippen LogP contribution is -2.39. The monoisotopic (exact) mass is 253 g/mol. The number of nitrogens with zero attached hydrogens (tertiary/aromatic N) is 1. The maximum Gasteiger partial charge on any atom is 0.333 e. The van der Waals surface area contributed by atoms with Crippen molar-refractivity contribution in [2.45, 2.75) is 26.3 Å². The second-order valence-corrected chi connectivity index (χ2v) is 4.56. The van der Waals surface area contributed by atoms with Gasteiger partial charge in [0, 0.05) is 12.1 Å². The number of rotatable bonds is 6. The van der Waals surface area contributed by atoms with Crippen molar-refractivity contribution in [3.63, 3.8) is 0 Å². The lowest BCUT2D eigenvalue weighted by Gasteiger charge is -2.25. The standard InChI is InChI=1S/C12H19N3O3/c1-4-18-10-7-5-6-9(11(10)15(16)17)14-12(2,3)8-13/h5-7,14H,4,8,13H2,1-3H3. The lowest BCUT2D eigenvalue weighted by atomic mass is 10.1. The Morgan fingerprint density at radius 2 is 2.17 bits per heavy atom. The van der Waals surface area contributed by atoms with Gasteiger partial charge in [-0.05, 0) is 32.9 Å². The molecule has 0 heterocycles. The summed E-state index contributed by atoms with van der Waals surface area (Å²) in [7, 11) is 0. The van der Waals surface area contributed by atoms with E-state index in [0.717, 1.165) is 0 Å². The minimum Gasteiger partial charge on any atom is -0.487 e. The second-order valence-electron chi connectivity index (χ2n) is 4.56. The third kappa shape index (κ3) is 3.33. The largest absolute Gasteiger partial charge is 0.487 e. The highest BCUT2D eigenvalue weighted by molar-refractivity contribution is 5.69. The van der Waals surface area contributed by atoms with Crippen LogP contribution in [0.15, 0.2) is 18.2 Å². The van der Waals surface area contributed by atoms with E-state index in [9.17, 15) is 10.1 Å². The Morgan fingerprint density at radius 3 is 2.67 bits per heavy atom. The molecule has 1 rings (SSSR count). The van der Waals surface area contributed by atoms with Crippen LogP contribution in [0.3, 0.4) is 0 Å². The van der Waals surface area contributed by atoms with Crippen LogP contribution in [0.25, 0.3) is 0 Å². The van der Waals surface area contributed by atoms with Gasteiger partial charge in [-0.2, -0.15) is 0 Å². The first-order valence-electron chi connectivity index (χ1n) is 5.79. The smallest absolute Gasteiger partial charge is 0.333 e. The van der Waals surface area contributed by atoms with E-state index < -0.39 is 10.5 Å². The summed E-state index contributed by atoms with van der Waals surface area (Å²) in [4.78, 5) is 10.7. The molecule has 3 N–H and O–H groups in total. The third-order valence-corrected chi connectivity index (χ3v) is 2.46. The summed E-state index contributed by atoms with van der Waals surface area (Å²) < 4.78 is 5.27. The predicted octanol–water partition coefficient (Wildman–Crippen LogP) is 2.14. The van der Waals surface area contributed by atoms with E-state index in [2.05, 4.69) is 5.32 Å². The Bertz CT molecular complexity index is 433. The van der Waals surface area contributed by atoms with Crippen molar-refractivity contribution >= 4 is 11.4 Å². The van der Waals surface area contributed by atoms with Crippen molar-refractivity contribution < 1.29 is 9.66 Å². The normalized spacial score (nSPS) is 11.1. The number of benzene rings is 1. The van der Waals surface area contributed by atoms with E-state index in [4.69, 9.17) is 10.5 Å². The van der Waals surface area contributed by atoms with Crippen LogP contribution in [0.2, 0.25) is 0 Å². The molecule has 0 aliphatic rings. The van der Waals surface area contributed by atoms with Gasteiger partial charge in [0.1, 0.15) is 5.69 Å². The van der Waals surface area contributed by atoms with Gasteiger partial charge in [0.2, 0.25) is 0 Å². The van der Waals surface area contributed by atoms with Gasteiger partial charge in [-0.25, -0.2) is 0 Å². The summed E-state index contributed by atoms with van der Waals surface area (Å²) in [6.07, 6.45) is 0. The van der Waals surface area contributed by atoms with Crippen molar-refractivity contribution in [3.05, 3.63) is 28.3 Å². The first-order valence-corrected chi connectivity index (χ1v) is 5.79. The van der Waals surface area contributed by atoms with Gasteiger partial charge >= 0.3 is 5.69 Å². The number of hydrogen-bond donors (Lipinski definition) is 2. The number of para-hydroxylation sites is 1. The fraction of sp³-hybridized carbons (Fsp3) is 0.500. The van der Waals surface area contributed by atoms with Crippen LogP contribution in [-0.2, 0) is 0 Å². The zero-order valence-corrected chi connectivity index (χ0v) is 10.9. The van der Waals surface area contributed by atoms with E-state index >= 15 is 0 Å². The molecule has 0 unspecified atom stereocenters. The zero-order chi connectivity index (χ0) is 13.8. The van der Waals surface area contributed by atoms with E-state index in [1.807, 2.05) is 13.8 Å². The minimum absolute atomic E-state index is 0.0547. The van der Waals surface area contributed by atoms with Gasteiger partial charge in [-0.15, -0.1) is 0 Å². The number of nitrogens with one attached hydrogen (secondary N) is 1. The molecule has 6 heteroatoms. The van der Waals surface area contributed by atoms with Gasteiger partial charge in [-0.3, -0.25) is 10.1 Å². The van der Waals surface area contributed by atoms with Crippen LogP contribution < -0.4 is 15.8 Å². The Labute approximate surface area is 106 Å². The highest BCUT2D eigenvalue weighted by Gasteiger charge is 2.25. The van der Waals surface area contributed by atoms with E-state index in [0.29, 0.717) is 18.8 Å². The quantitative estimate of drug-likeness (QED) is 0.598. The number of nitro benzene ring substituents is 1. The number of anilines is 1. The molecule has 1 aromatic rings. The van der Waals surface area contributed by atoms with Crippen molar-refractivity contribution in [3.8, 4) is 5.75 Å². The van der Waals surface area contributed by atoms with Gasteiger partial charge < -0.3 is 15.8 Å². The van der Waals surface area contributed by atoms with E-state index in [1.165, 1.54) is 0 Å². The molecule has 0 saturated carbocycles. The van der Waals surface area contributed by atoms with Gasteiger partial charge in [-0.1, -0.05) is 6.07 Å². The Balaban J connectivity index is 3.18. The van der Waals surface area contributed by atoms with Gasteiger partial charge in [0.05, 0.1) is 11.5 Å². The summed E-state index contributed by atoms with van der Waals surface area (Å²) in [5, 5.41) is 14.2. The van der Waals surface area contributed by atoms with Crippen molar-refractivity contribution in [2.75, 3.05) is 18.5 Å². The van der Waals surface area contributed by atoms with Crippen LogP contribution in [-0.4, -0.2) is 23.6 Å². The fourth-order valence-electron chi connectivity index (χ4n) is 1.50. The lowest BCUT2D eigenvalue weighted by molar-refractivity contribution is -0.385. The molecule has 0 aliphatic heterocycles. The molecule has 0 radical (unpaired) electrons. The molecule has 18 heavy (non-hydrogen) atoms. The van der Waals surface area contributed by atoms with Gasteiger partial charge in [0.15, 0.2) is 5.75 Å². The van der Waals surface area contributed by atoms with Crippen LogP contribution in [0, 0.1) is 10.1 Å². The molecule has 6 nitrogen and oxygen atoms in total. The van der Waals surface area contributed by atoms with Gasteiger partial charge in [0.25, 0.3) is 0 Å². The summed E-state index contributed by atoms with van der Waals surface area (Å²) in [6.45, 7) is 6.29. The van der Waals surface area contributed by atoms with Crippen LogP contribution in [0.4, 0.5) is 11.4 Å². The molecule has 1 aromatic carbocycles. The first kappa shape index (κ1) is 14.2. The Kier molecular flexibility index (Phi) is 4.49. The van der Waals surface area contributed by atoms with E-state index in [1.54, 1.807) is 25.1 Å². The SMILES string of the molecule is CCOc1cccc(NC(C)(C)CN)c1[N+](=O)[O-]. The number of nitrogens with two attached hydrogens (primary N) is 1. The zero-order valence-electron chi connectivity index (χ0n) is 10.9. The highest BCUT2D eigenvalue weighted by Crippen LogP contribution is 2.35. The average molecular weight is 253 g/mol. The molecule has 0 aromatic heterocycles. The minimum atomic E-state index is -0.445. The summed E-state index contributed by atoms with van der Waals surface area (Å²) in [6, 6.07) is 4.95. The first-order chi connectivity index (χ1) is 8.41. The molecule has 100 valence electrons. The molecular formula is C12H19N3O3. The number of hydrogen-bond acceptors (Lipinski definition) is 5. The molecule has 0 atom stereocenters. The molecular weight excluding hydrogens is 234 g/mol. The van der Waals surface area contributed by atoms with Crippen LogP contribution in [0.1, 0.15) is 20.8 Å². The average Bonchev–Trinajstić information content (AvgIpc) is 2.28. The maximum absolute atomic E-state index is 11.1. The number of ether oxygens (including phenoxy) is 1. The Morgan fingerprint density at radius 1 is 1.50 bits per heavy atom. The maximum atomic E-state index is 11.1. The molecule has 0 spiro atoms. The van der Waals surface area contributed by atoms with Crippen LogP contribution in [0.5, 0.6) is 5.75 Å². The summed E-state index contributed by atoms with van der Waals surface area (Å²) in [5.74, 6) is 0.264. The summed E-state index contributed by atoms with van der Waals surface area (Å²) in [5.41, 5.74) is 5.56. The van der Waals surface area contributed by atoms with Crippen molar-refractivity contribution in [1.82, 2.24) is 0 Å². The fourth-order valence-corrected chi connectivity index (χ4v) is 1.50. The number of nitro groups is 1. The Hall–Kier alpha value is -1.82. The van der Waals surface area contributed by atoms with E-state index in [-0.39, 0.29) is 11.4 Å². The highest BCUT2D eigenvalue weighted by atomic mass is 16.6. The van der Waals surface area contributed by atoms with Crippen LogP contribution >= 0.6 is 0 Å².